The van der Waals surface area contributed by atoms with E-state index in [4.69, 9.17) is 32.2 Å². The highest BCUT2D eigenvalue weighted by atomic mass is 35.5. The Balaban J connectivity index is 0.000000405. The highest BCUT2D eigenvalue weighted by Gasteiger charge is 2.38. The molecule has 0 atom stereocenters. The van der Waals surface area contributed by atoms with E-state index in [2.05, 4.69) is 20.4 Å². The molecule has 3 heterocycles. The highest BCUT2D eigenvalue weighted by molar-refractivity contribution is 6.30. The number of hydrogen-bond donors (Lipinski definition) is 2. The van der Waals surface area contributed by atoms with Crippen LogP contribution in [0.25, 0.3) is 22.5 Å². The van der Waals surface area contributed by atoms with Crippen molar-refractivity contribution >= 4 is 28.9 Å². The zero-order valence-corrected chi connectivity index (χ0v) is 19.2. The molecule has 0 aliphatic rings. The Labute approximate surface area is 210 Å². The van der Waals surface area contributed by atoms with Gasteiger partial charge in [-0.1, -0.05) is 41.1 Å². The third-order valence-corrected chi connectivity index (χ3v) is 5.12. The van der Waals surface area contributed by atoms with Crippen molar-refractivity contribution in [1.29, 1.82) is 0 Å². The molecule has 190 valence electrons. The number of nitrogen functional groups attached to an aromatic ring is 1. The normalized spacial score (nSPS) is 11.3. The standard InChI is InChI=1S/C20H14ClFN8.C2HF3O2/c21-13-7-5-12(6-8-13)18-19-20(23)24-11-25-30(19)17(26-18)9-14-10-29(28-27-14)16-4-2-1-3-15(16)22;3-2(4,5)1(6)7/h1-8,10-11H,9H2,(H2,23,24,25);(H,6,7). The number of aromatic nitrogens is 7. The number of carboxylic acid groups (broad SMARTS) is 1. The summed E-state index contributed by atoms with van der Waals surface area (Å²) in [6.07, 6.45) is -1.74. The van der Waals surface area contributed by atoms with Crippen LogP contribution in [0, 0.1) is 5.82 Å². The van der Waals surface area contributed by atoms with Gasteiger partial charge in [0.2, 0.25) is 0 Å². The van der Waals surface area contributed by atoms with Gasteiger partial charge in [-0.15, -0.1) is 5.10 Å². The lowest BCUT2D eigenvalue weighted by Crippen LogP contribution is -2.21. The number of anilines is 1. The summed E-state index contributed by atoms with van der Waals surface area (Å²) >= 11 is 6.01. The fourth-order valence-corrected chi connectivity index (χ4v) is 3.36. The molecule has 10 nitrogen and oxygen atoms in total. The Morgan fingerprint density at radius 2 is 1.78 bits per heavy atom. The summed E-state index contributed by atoms with van der Waals surface area (Å²) in [6, 6.07) is 13.6. The SMILES string of the molecule is Nc1ncnn2c(Cc3cn(-c4ccccc4F)nn3)nc(-c3ccc(Cl)cc3)c12.O=C(O)C(F)(F)F. The lowest BCUT2D eigenvalue weighted by Gasteiger charge is -2.01. The number of hydrogen-bond acceptors (Lipinski definition) is 7. The Morgan fingerprint density at radius 1 is 1.11 bits per heavy atom. The van der Waals surface area contributed by atoms with E-state index in [-0.39, 0.29) is 5.82 Å². The van der Waals surface area contributed by atoms with Crippen molar-refractivity contribution < 1.29 is 27.5 Å². The molecule has 0 spiro atoms. The maximum absolute atomic E-state index is 14.0. The Bertz CT molecular complexity index is 1570. The summed E-state index contributed by atoms with van der Waals surface area (Å²) in [5, 5.41) is 20.2. The van der Waals surface area contributed by atoms with Crippen LogP contribution in [0.4, 0.5) is 23.4 Å². The predicted octanol–water partition coefficient (Wildman–Crippen LogP) is 3.97. The van der Waals surface area contributed by atoms with Gasteiger partial charge < -0.3 is 10.8 Å². The topological polar surface area (TPSA) is 137 Å². The minimum atomic E-state index is -5.08. The first-order valence-corrected chi connectivity index (χ1v) is 10.6. The van der Waals surface area contributed by atoms with E-state index in [1.807, 2.05) is 12.1 Å². The third-order valence-electron chi connectivity index (χ3n) is 4.87. The molecule has 5 aromatic rings. The third kappa shape index (κ3) is 5.64. The fourth-order valence-electron chi connectivity index (χ4n) is 3.23. The number of imidazole rings is 1. The van der Waals surface area contributed by atoms with Gasteiger partial charge in [0, 0.05) is 10.6 Å². The smallest absolute Gasteiger partial charge is 0.475 e. The molecule has 0 saturated heterocycles. The van der Waals surface area contributed by atoms with Crippen molar-refractivity contribution in [2.45, 2.75) is 12.6 Å². The molecule has 0 radical (unpaired) electrons. The van der Waals surface area contributed by atoms with Gasteiger partial charge >= 0.3 is 12.1 Å². The largest absolute Gasteiger partial charge is 0.490 e. The summed E-state index contributed by atoms with van der Waals surface area (Å²) in [7, 11) is 0. The molecule has 0 bridgehead atoms. The number of nitrogens with zero attached hydrogens (tertiary/aromatic N) is 7. The van der Waals surface area contributed by atoms with Crippen LogP contribution in [0.5, 0.6) is 0 Å². The maximum atomic E-state index is 14.0. The average molecular weight is 535 g/mol. The molecule has 0 aliphatic heterocycles. The number of halogens is 5. The molecule has 0 saturated carbocycles. The van der Waals surface area contributed by atoms with Crippen LogP contribution in [-0.4, -0.2) is 51.8 Å². The van der Waals surface area contributed by atoms with E-state index in [0.717, 1.165) is 5.56 Å². The van der Waals surface area contributed by atoms with Gasteiger partial charge in [0.05, 0.1) is 18.3 Å². The Hall–Kier alpha value is -4.59. The van der Waals surface area contributed by atoms with Crippen molar-refractivity contribution in [2.24, 2.45) is 0 Å². The van der Waals surface area contributed by atoms with Gasteiger partial charge in [-0.2, -0.15) is 18.3 Å². The van der Waals surface area contributed by atoms with E-state index < -0.39 is 12.1 Å². The molecule has 15 heteroatoms. The number of rotatable bonds is 4. The number of para-hydroxylation sites is 1. The second-order valence-corrected chi connectivity index (χ2v) is 7.81. The lowest BCUT2D eigenvalue weighted by molar-refractivity contribution is -0.192. The summed E-state index contributed by atoms with van der Waals surface area (Å²) < 4.78 is 48.8. The van der Waals surface area contributed by atoms with Crippen LogP contribution in [0.3, 0.4) is 0 Å². The van der Waals surface area contributed by atoms with Gasteiger partial charge in [-0.3, -0.25) is 0 Å². The van der Waals surface area contributed by atoms with Gasteiger partial charge in [-0.05, 0) is 24.3 Å². The minimum Gasteiger partial charge on any atom is -0.475 e. The summed E-state index contributed by atoms with van der Waals surface area (Å²) in [5.41, 5.74) is 9.10. The van der Waals surface area contributed by atoms with E-state index >= 15 is 0 Å². The van der Waals surface area contributed by atoms with Crippen LogP contribution >= 0.6 is 11.6 Å². The van der Waals surface area contributed by atoms with Gasteiger partial charge in [0.25, 0.3) is 0 Å². The highest BCUT2D eigenvalue weighted by Crippen LogP contribution is 2.29. The molecule has 5 rings (SSSR count). The number of aliphatic carboxylic acids is 1. The summed E-state index contributed by atoms with van der Waals surface area (Å²) in [4.78, 5) is 17.7. The van der Waals surface area contributed by atoms with Crippen molar-refractivity contribution in [2.75, 3.05) is 5.73 Å². The second kappa shape index (κ2) is 10.2. The van der Waals surface area contributed by atoms with Crippen LogP contribution < -0.4 is 5.73 Å². The second-order valence-electron chi connectivity index (χ2n) is 7.37. The Morgan fingerprint density at radius 3 is 2.43 bits per heavy atom. The van der Waals surface area contributed by atoms with E-state index in [1.165, 1.54) is 17.1 Å². The quantitative estimate of drug-likeness (QED) is 0.330. The van der Waals surface area contributed by atoms with Crippen molar-refractivity contribution in [3.05, 3.63) is 83.4 Å². The monoisotopic (exact) mass is 534 g/mol. The van der Waals surface area contributed by atoms with Gasteiger partial charge in [0.1, 0.15) is 34.9 Å². The molecule has 2 aromatic carbocycles. The van der Waals surface area contributed by atoms with Crippen molar-refractivity contribution in [1.82, 2.24) is 34.6 Å². The predicted molar refractivity (Wildman–Crippen MR) is 123 cm³/mol. The molecular weight excluding hydrogens is 520 g/mol. The van der Waals surface area contributed by atoms with Crippen LogP contribution in [-0.2, 0) is 11.2 Å². The number of carboxylic acids is 1. The van der Waals surface area contributed by atoms with E-state index in [1.54, 1.807) is 41.0 Å². The number of carbonyl (C=O) groups is 1. The molecule has 0 fully saturated rings. The van der Waals surface area contributed by atoms with E-state index in [0.29, 0.717) is 45.7 Å². The first kappa shape index (κ1) is 25.5. The van der Waals surface area contributed by atoms with Crippen LogP contribution in [0.2, 0.25) is 5.02 Å². The maximum Gasteiger partial charge on any atom is 0.490 e. The molecule has 0 amide bonds. The molecule has 3 N–H and O–H groups in total. The number of alkyl halides is 3. The number of nitrogens with two attached hydrogens (primary N) is 1. The van der Waals surface area contributed by atoms with Crippen LogP contribution in [0.15, 0.2) is 61.1 Å². The van der Waals surface area contributed by atoms with E-state index in [9.17, 15) is 17.6 Å². The summed E-state index contributed by atoms with van der Waals surface area (Å²) in [6.45, 7) is 0. The minimum absolute atomic E-state index is 0.309. The zero-order chi connectivity index (χ0) is 26.7. The number of benzene rings is 2. The first-order chi connectivity index (χ1) is 17.5. The average Bonchev–Trinajstić information content (AvgIpc) is 3.46. The van der Waals surface area contributed by atoms with Gasteiger partial charge in [0.15, 0.2) is 5.82 Å². The lowest BCUT2D eigenvalue weighted by atomic mass is 10.1. The molecule has 3 aromatic heterocycles. The fraction of sp³-hybridized carbons (Fsp3) is 0.0909. The molecule has 0 aliphatic carbocycles. The van der Waals surface area contributed by atoms with Gasteiger partial charge in [-0.25, -0.2) is 28.4 Å². The zero-order valence-electron chi connectivity index (χ0n) is 18.4. The summed E-state index contributed by atoms with van der Waals surface area (Å²) in [5.74, 6) is -2.23. The molecule has 0 unspecified atom stereocenters. The molecule has 37 heavy (non-hydrogen) atoms. The number of fused-ring (bicyclic) bond motifs is 1. The first-order valence-electron chi connectivity index (χ1n) is 10.2. The van der Waals surface area contributed by atoms with Crippen molar-refractivity contribution in [3.8, 4) is 16.9 Å². The molecular formula is C22H15ClF4N8O2. The Kier molecular flexibility index (Phi) is 7.02. The van der Waals surface area contributed by atoms with Crippen LogP contribution in [0.1, 0.15) is 11.5 Å². The van der Waals surface area contributed by atoms with Crippen molar-refractivity contribution in [3.63, 3.8) is 0 Å².